The number of nitrogens with two attached hydrogens (primary N) is 1. The zero-order valence-corrected chi connectivity index (χ0v) is 17.9. The van der Waals surface area contributed by atoms with Crippen molar-refractivity contribution in [3.63, 3.8) is 0 Å². The molecule has 1 aromatic heterocycles. The van der Waals surface area contributed by atoms with Crippen LogP contribution < -0.4 is 31.5 Å². The lowest BCUT2D eigenvalue weighted by Gasteiger charge is -2.23. The highest BCUT2D eigenvalue weighted by Gasteiger charge is 2.37. The summed E-state index contributed by atoms with van der Waals surface area (Å²) in [5.41, 5.74) is 5.33. The number of nitrogens with zero attached hydrogens (tertiary/aromatic N) is 3. The number of ether oxygens (including phenoxy) is 1. The Morgan fingerprint density at radius 3 is 2.55 bits per heavy atom. The largest absolute Gasteiger partial charge is 0.497 e. The number of aromatic amines is 1. The van der Waals surface area contributed by atoms with Crippen molar-refractivity contribution in [2.45, 2.75) is 32.7 Å². The molecule has 10 heteroatoms. The number of unbranched alkanes of at least 4 members (excludes halogenated alkanes) is 1. The summed E-state index contributed by atoms with van der Waals surface area (Å²) in [6.45, 7) is 2.48. The molecule has 0 bridgehead atoms. The third-order valence-corrected chi connectivity index (χ3v) is 5.47. The maximum atomic E-state index is 13.1. The third kappa shape index (κ3) is 4.32. The molecule has 1 unspecified atom stereocenters. The highest BCUT2D eigenvalue weighted by Crippen LogP contribution is 2.29. The minimum atomic E-state index is -0.734. The summed E-state index contributed by atoms with van der Waals surface area (Å²) >= 11 is 0. The highest BCUT2D eigenvalue weighted by atomic mass is 16.5. The van der Waals surface area contributed by atoms with Crippen LogP contribution in [0.4, 0.5) is 17.2 Å². The number of rotatable bonds is 7. The number of nitrogens with one attached hydrogen (secondary N) is 1. The van der Waals surface area contributed by atoms with Crippen molar-refractivity contribution in [2.24, 2.45) is 5.92 Å². The number of aromatic nitrogens is 2. The van der Waals surface area contributed by atoms with E-state index in [-0.39, 0.29) is 30.4 Å². The summed E-state index contributed by atoms with van der Waals surface area (Å²) in [7, 11) is 2.98. The molecule has 1 aliphatic heterocycles. The molecule has 31 heavy (non-hydrogen) atoms. The van der Waals surface area contributed by atoms with Gasteiger partial charge >= 0.3 is 5.69 Å². The van der Waals surface area contributed by atoms with Gasteiger partial charge in [-0.15, -0.1) is 0 Å². The van der Waals surface area contributed by atoms with E-state index in [1.807, 2.05) is 6.92 Å². The number of carbonyl (C=O) groups is 2. The first-order chi connectivity index (χ1) is 14.8. The zero-order chi connectivity index (χ0) is 22.7. The molecule has 2 aromatic rings. The lowest BCUT2D eigenvalue weighted by atomic mass is 10.1. The Balaban J connectivity index is 1.84. The number of hydrogen-bond donors (Lipinski definition) is 2. The lowest BCUT2D eigenvalue weighted by Crippen LogP contribution is -2.42. The summed E-state index contributed by atoms with van der Waals surface area (Å²) in [5, 5.41) is 0. The molecule has 1 atom stereocenters. The fourth-order valence-electron chi connectivity index (χ4n) is 3.71. The third-order valence-electron chi connectivity index (χ3n) is 5.47. The molecule has 0 aliphatic carbocycles. The maximum Gasteiger partial charge on any atom is 0.330 e. The van der Waals surface area contributed by atoms with Gasteiger partial charge in [-0.3, -0.25) is 23.9 Å². The summed E-state index contributed by atoms with van der Waals surface area (Å²) in [4.78, 5) is 55.1. The monoisotopic (exact) mass is 429 g/mol. The Kier molecular flexibility index (Phi) is 6.47. The van der Waals surface area contributed by atoms with Crippen molar-refractivity contribution >= 4 is 29.0 Å². The van der Waals surface area contributed by atoms with Crippen LogP contribution in [-0.2, 0) is 16.1 Å². The minimum Gasteiger partial charge on any atom is -0.497 e. The van der Waals surface area contributed by atoms with Gasteiger partial charge in [0.2, 0.25) is 11.8 Å². The molecule has 0 radical (unpaired) electrons. The van der Waals surface area contributed by atoms with E-state index in [9.17, 15) is 19.2 Å². The number of carbonyl (C=O) groups excluding carboxylic acids is 2. The van der Waals surface area contributed by atoms with Crippen LogP contribution in [0.25, 0.3) is 0 Å². The smallest absolute Gasteiger partial charge is 0.330 e. The standard InChI is InChI=1S/C21H27N5O5/c1-4-5-10-25-18(22)17(19(28)23-21(25)30)24(2)20(29)13-11-16(27)26(12-13)14-6-8-15(31-3)9-7-14/h6-9,13H,4-5,10-12,22H2,1-3H3,(H,23,28,30). The normalized spacial score (nSPS) is 15.9. The lowest BCUT2D eigenvalue weighted by molar-refractivity contribution is -0.124. The molecule has 166 valence electrons. The molecule has 3 rings (SSSR count). The summed E-state index contributed by atoms with van der Waals surface area (Å²) in [5.74, 6) is -0.645. The van der Waals surface area contributed by atoms with E-state index in [1.54, 1.807) is 31.4 Å². The molecule has 0 spiro atoms. The van der Waals surface area contributed by atoms with Gasteiger partial charge in [0, 0.05) is 32.2 Å². The molecule has 2 amide bonds. The van der Waals surface area contributed by atoms with Crippen molar-refractivity contribution in [3.05, 3.63) is 45.1 Å². The topological polar surface area (TPSA) is 131 Å². The SMILES string of the molecule is CCCCn1c(N)c(N(C)C(=O)C2CC(=O)N(c3ccc(OC)cc3)C2)c(=O)[nH]c1=O. The Hall–Kier alpha value is -3.56. The Bertz CT molecular complexity index is 1090. The van der Waals surface area contributed by atoms with Gasteiger partial charge in [0.1, 0.15) is 11.6 Å². The van der Waals surface area contributed by atoms with Gasteiger partial charge in [-0.25, -0.2) is 4.79 Å². The first-order valence-electron chi connectivity index (χ1n) is 10.1. The van der Waals surface area contributed by atoms with Crippen LogP contribution in [0.5, 0.6) is 5.75 Å². The van der Waals surface area contributed by atoms with Crippen LogP contribution in [-0.4, -0.2) is 42.1 Å². The Morgan fingerprint density at radius 2 is 1.94 bits per heavy atom. The molecule has 3 N–H and O–H groups in total. The van der Waals surface area contributed by atoms with Gasteiger partial charge in [-0.2, -0.15) is 0 Å². The van der Waals surface area contributed by atoms with E-state index in [0.717, 1.165) is 11.3 Å². The predicted molar refractivity (Wildman–Crippen MR) is 118 cm³/mol. The van der Waals surface area contributed by atoms with Crippen LogP contribution >= 0.6 is 0 Å². The van der Waals surface area contributed by atoms with E-state index >= 15 is 0 Å². The number of nitrogen functional groups attached to an aromatic ring is 1. The van der Waals surface area contributed by atoms with Gasteiger partial charge in [0.25, 0.3) is 5.56 Å². The number of H-pyrrole nitrogens is 1. The Labute approximate surface area is 179 Å². The molecule has 2 heterocycles. The molecular weight excluding hydrogens is 402 g/mol. The predicted octanol–water partition coefficient (Wildman–Crippen LogP) is 0.943. The second-order valence-electron chi connectivity index (χ2n) is 7.50. The average Bonchev–Trinajstić information content (AvgIpc) is 3.14. The molecular formula is C21H27N5O5. The van der Waals surface area contributed by atoms with Crippen LogP contribution in [0.1, 0.15) is 26.2 Å². The van der Waals surface area contributed by atoms with E-state index in [1.165, 1.54) is 16.5 Å². The van der Waals surface area contributed by atoms with Crippen LogP contribution in [0.3, 0.4) is 0 Å². The van der Waals surface area contributed by atoms with Crippen LogP contribution in [0, 0.1) is 5.92 Å². The number of anilines is 3. The first kappa shape index (κ1) is 22.1. The van der Waals surface area contributed by atoms with Gasteiger partial charge in [0.05, 0.1) is 13.0 Å². The molecule has 1 fully saturated rings. The van der Waals surface area contributed by atoms with E-state index in [0.29, 0.717) is 24.4 Å². The highest BCUT2D eigenvalue weighted by molar-refractivity contribution is 6.04. The molecule has 1 aromatic carbocycles. The van der Waals surface area contributed by atoms with Crippen molar-refractivity contribution < 1.29 is 14.3 Å². The summed E-state index contributed by atoms with van der Waals surface area (Å²) in [6, 6.07) is 6.98. The maximum absolute atomic E-state index is 13.1. The fourth-order valence-corrected chi connectivity index (χ4v) is 3.71. The van der Waals surface area contributed by atoms with Crippen molar-refractivity contribution in [3.8, 4) is 5.75 Å². The number of hydrogen-bond acceptors (Lipinski definition) is 6. The molecule has 1 saturated heterocycles. The zero-order valence-electron chi connectivity index (χ0n) is 17.9. The molecule has 1 aliphatic rings. The van der Waals surface area contributed by atoms with Gasteiger partial charge < -0.3 is 20.3 Å². The second-order valence-corrected chi connectivity index (χ2v) is 7.50. The van der Waals surface area contributed by atoms with Crippen LogP contribution in [0.15, 0.2) is 33.9 Å². The fraction of sp³-hybridized carbons (Fsp3) is 0.429. The van der Waals surface area contributed by atoms with Gasteiger partial charge in [0.15, 0.2) is 5.69 Å². The minimum absolute atomic E-state index is 0.0164. The molecule has 10 nitrogen and oxygen atoms in total. The number of benzene rings is 1. The van der Waals surface area contributed by atoms with Crippen molar-refractivity contribution in [2.75, 3.05) is 36.2 Å². The van der Waals surface area contributed by atoms with Gasteiger partial charge in [-0.1, -0.05) is 13.3 Å². The van der Waals surface area contributed by atoms with Crippen molar-refractivity contribution in [1.29, 1.82) is 0 Å². The second kappa shape index (κ2) is 9.07. The Morgan fingerprint density at radius 1 is 1.26 bits per heavy atom. The summed E-state index contributed by atoms with van der Waals surface area (Å²) < 4.78 is 6.39. The first-order valence-corrected chi connectivity index (χ1v) is 10.1. The summed E-state index contributed by atoms with van der Waals surface area (Å²) in [6.07, 6.45) is 1.55. The van der Waals surface area contributed by atoms with E-state index in [2.05, 4.69) is 4.98 Å². The van der Waals surface area contributed by atoms with E-state index < -0.39 is 23.1 Å². The van der Waals surface area contributed by atoms with Gasteiger partial charge in [-0.05, 0) is 30.7 Å². The number of amides is 2. The van der Waals surface area contributed by atoms with Crippen molar-refractivity contribution in [1.82, 2.24) is 9.55 Å². The average molecular weight is 429 g/mol. The quantitative estimate of drug-likeness (QED) is 0.674. The molecule has 0 saturated carbocycles. The van der Waals surface area contributed by atoms with E-state index in [4.69, 9.17) is 10.5 Å². The number of methoxy groups -OCH3 is 1. The van der Waals surface area contributed by atoms with Crippen LogP contribution in [0.2, 0.25) is 0 Å².